The minimum absolute atomic E-state index is 0.107. The number of hydrogen-bond donors (Lipinski definition) is 2. The molecule has 1 saturated carbocycles. The summed E-state index contributed by atoms with van der Waals surface area (Å²) in [5, 5.41) is 14.8. The molecule has 2 aromatic rings. The van der Waals surface area contributed by atoms with Crippen LogP contribution in [-0.2, 0) is 11.3 Å². The lowest BCUT2D eigenvalue weighted by Crippen LogP contribution is -2.13. The number of nitrogens with one attached hydrogen (secondary N) is 2. The minimum atomic E-state index is 0.107. The molecule has 21 heavy (non-hydrogen) atoms. The molecule has 0 radical (unpaired) electrons. The van der Waals surface area contributed by atoms with Crippen LogP contribution in [0.2, 0.25) is 0 Å². The molecule has 5 nitrogen and oxygen atoms in total. The van der Waals surface area contributed by atoms with Crippen LogP contribution < -0.4 is 10.6 Å². The third kappa shape index (κ3) is 3.42. The van der Waals surface area contributed by atoms with Crippen LogP contribution >= 0.6 is 0 Å². The van der Waals surface area contributed by atoms with Crippen LogP contribution in [0.15, 0.2) is 40.8 Å². The average molecular weight is 281 g/mol. The Bertz CT molecular complexity index is 678. The number of carbonyl (C=O) groups excluding carboxylic acids is 1. The third-order valence-electron chi connectivity index (χ3n) is 3.34. The maximum Gasteiger partial charge on any atom is 0.227 e. The predicted molar refractivity (Wildman–Crippen MR) is 78.5 cm³/mol. The number of carbonyl (C=O) groups is 1. The standard InChI is InChI=1S/C16H15N3O2/c17-9-14-7-8-15(21-14)10-18-12-3-5-13(6-4-12)19-16(20)11-1-2-11/h3-8,11,18H,1-2,10H2,(H,19,20). The number of amides is 1. The van der Waals surface area contributed by atoms with Gasteiger partial charge in [0.2, 0.25) is 11.7 Å². The van der Waals surface area contributed by atoms with Crippen molar-refractivity contribution in [3.63, 3.8) is 0 Å². The molecule has 1 fully saturated rings. The maximum absolute atomic E-state index is 11.6. The average Bonchev–Trinajstić information content (AvgIpc) is 3.26. The van der Waals surface area contributed by atoms with Crippen molar-refractivity contribution in [2.75, 3.05) is 10.6 Å². The van der Waals surface area contributed by atoms with Gasteiger partial charge < -0.3 is 15.1 Å². The highest BCUT2D eigenvalue weighted by atomic mass is 16.3. The molecule has 1 aliphatic carbocycles. The van der Waals surface area contributed by atoms with Gasteiger partial charge in [0, 0.05) is 17.3 Å². The molecule has 0 bridgehead atoms. The zero-order valence-electron chi connectivity index (χ0n) is 11.4. The molecule has 5 heteroatoms. The Balaban J connectivity index is 1.54. The van der Waals surface area contributed by atoms with Crippen molar-refractivity contribution >= 4 is 17.3 Å². The lowest BCUT2D eigenvalue weighted by molar-refractivity contribution is -0.117. The van der Waals surface area contributed by atoms with E-state index in [4.69, 9.17) is 9.68 Å². The highest BCUT2D eigenvalue weighted by Gasteiger charge is 2.29. The Hall–Kier alpha value is -2.74. The van der Waals surface area contributed by atoms with Gasteiger partial charge in [-0.2, -0.15) is 5.26 Å². The molecular weight excluding hydrogens is 266 g/mol. The van der Waals surface area contributed by atoms with E-state index in [-0.39, 0.29) is 11.8 Å². The summed E-state index contributed by atoms with van der Waals surface area (Å²) < 4.78 is 5.28. The van der Waals surface area contributed by atoms with Gasteiger partial charge in [0.05, 0.1) is 6.54 Å². The van der Waals surface area contributed by atoms with Gasteiger partial charge >= 0.3 is 0 Å². The molecular formula is C16H15N3O2. The normalized spacial score (nSPS) is 13.5. The number of nitrogens with zero attached hydrogens (tertiary/aromatic N) is 1. The first kappa shape index (κ1) is 13.3. The number of anilines is 2. The Morgan fingerprint density at radius 1 is 1.19 bits per heavy atom. The van der Waals surface area contributed by atoms with E-state index in [0.29, 0.717) is 18.1 Å². The van der Waals surface area contributed by atoms with Gasteiger partial charge in [0.1, 0.15) is 11.8 Å². The predicted octanol–water partition coefficient (Wildman–Crippen LogP) is 3.11. The summed E-state index contributed by atoms with van der Waals surface area (Å²) >= 11 is 0. The fourth-order valence-electron chi connectivity index (χ4n) is 1.98. The third-order valence-corrected chi connectivity index (χ3v) is 3.34. The van der Waals surface area contributed by atoms with E-state index in [1.165, 1.54) is 0 Å². The molecule has 0 atom stereocenters. The summed E-state index contributed by atoms with van der Waals surface area (Å²) in [5.74, 6) is 1.33. The fourth-order valence-corrected chi connectivity index (χ4v) is 1.98. The van der Waals surface area contributed by atoms with E-state index < -0.39 is 0 Å². The van der Waals surface area contributed by atoms with Crippen LogP contribution in [0.4, 0.5) is 11.4 Å². The summed E-state index contributed by atoms with van der Waals surface area (Å²) in [6.45, 7) is 0.509. The van der Waals surface area contributed by atoms with Crippen molar-refractivity contribution in [3.05, 3.63) is 47.9 Å². The minimum Gasteiger partial charge on any atom is -0.449 e. The Labute approximate surface area is 122 Å². The quantitative estimate of drug-likeness (QED) is 0.882. The van der Waals surface area contributed by atoms with Gasteiger partial charge in [0.15, 0.2) is 0 Å². The summed E-state index contributed by atoms with van der Waals surface area (Å²) in [6, 6.07) is 12.9. The molecule has 2 N–H and O–H groups in total. The zero-order valence-corrected chi connectivity index (χ0v) is 11.4. The molecule has 3 rings (SSSR count). The Morgan fingerprint density at radius 3 is 2.52 bits per heavy atom. The summed E-state index contributed by atoms with van der Waals surface area (Å²) in [5.41, 5.74) is 1.73. The van der Waals surface area contributed by atoms with E-state index in [2.05, 4.69) is 10.6 Å². The number of benzene rings is 1. The second kappa shape index (κ2) is 5.71. The molecule has 1 aliphatic rings. The lowest BCUT2D eigenvalue weighted by atomic mass is 10.2. The van der Waals surface area contributed by atoms with Gasteiger partial charge in [-0.3, -0.25) is 4.79 Å². The molecule has 0 unspecified atom stereocenters. The first-order valence-electron chi connectivity index (χ1n) is 6.88. The largest absolute Gasteiger partial charge is 0.449 e. The molecule has 1 aromatic heterocycles. The van der Waals surface area contributed by atoms with Gasteiger partial charge in [0.25, 0.3) is 0 Å². The fraction of sp³-hybridized carbons (Fsp3) is 0.250. The molecule has 1 aromatic carbocycles. The Morgan fingerprint density at radius 2 is 1.90 bits per heavy atom. The van der Waals surface area contributed by atoms with Crippen molar-refractivity contribution in [1.29, 1.82) is 5.26 Å². The van der Waals surface area contributed by atoms with Crippen LogP contribution in [0, 0.1) is 17.2 Å². The molecule has 106 valence electrons. The van der Waals surface area contributed by atoms with Crippen molar-refractivity contribution in [3.8, 4) is 6.07 Å². The van der Waals surface area contributed by atoms with Crippen LogP contribution in [0.5, 0.6) is 0 Å². The van der Waals surface area contributed by atoms with E-state index >= 15 is 0 Å². The molecule has 1 amide bonds. The number of rotatable bonds is 5. The second-order valence-corrected chi connectivity index (χ2v) is 5.07. The van der Waals surface area contributed by atoms with Gasteiger partial charge in [-0.1, -0.05) is 0 Å². The summed E-state index contributed by atoms with van der Waals surface area (Å²) in [7, 11) is 0. The summed E-state index contributed by atoms with van der Waals surface area (Å²) in [6.07, 6.45) is 2.00. The van der Waals surface area contributed by atoms with Crippen molar-refractivity contribution in [1.82, 2.24) is 0 Å². The smallest absolute Gasteiger partial charge is 0.227 e. The highest BCUT2D eigenvalue weighted by Crippen LogP contribution is 2.30. The number of nitriles is 1. The van der Waals surface area contributed by atoms with Crippen molar-refractivity contribution in [2.24, 2.45) is 5.92 Å². The van der Waals surface area contributed by atoms with Crippen molar-refractivity contribution < 1.29 is 9.21 Å². The maximum atomic E-state index is 11.6. The van der Waals surface area contributed by atoms with Crippen LogP contribution in [0.3, 0.4) is 0 Å². The first-order valence-corrected chi connectivity index (χ1v) is 6.88. The van der Waals surface area contributed by atoms with Crippen LogP contribution in [0.1, 0.15) is 24.4 Å². The van der Waals surface area contributed by atoms with E-state index in [1.54, 1.807) is 12.1 Å². The highest BCUT2D eigenvalue weighted by molar-refractivity contribution is 5.94. The molecule has 0 saturated heterocycles. The number of furan rings is 1. The zero-order chi connectivity index (χ0) is 14.7. The van der Waals surface area contributed by atoms with E-state index in [1.807, 2.05) is 30.3 Å². The molecule has 1 heterocycles. The van der Waals surface area contributed by atoms with Gasteiger partial charge in [-0.25, -0.2) is 0 Å². The SMILES string of the molecule is N#Cc1ccc(CNc2ccc(NC(=O)C3CC3)cc2)o1. The molecule has 0 aliphatic heterocycles. The monoisotopic (exact) mass is 281 g/mol. The lowest BCUT2D eigenvalue weighted by Gasteiger charge is -2.07. The van der Waals surface area contributed by atoms with Gasteiger partial charge in [-0.05, 0) is 49.2 Å². The first-order chi connectivity index (χ1) is 10.2. The summed E-state index contributed by atoms with van der Waals surface area (Å²) in [4.78, 5) is 11.6. The number of hydrogen-bond acceptors (Lipinski definition) is 4. The van der Waals surface area contributed by atoms with Crippen LogP contribution in [-0.4, -0.2) is 5.91 Å². The molecule has 0 spiro atoms. The topological polar surface area (TPSA) is 78.1 Å². The van der Waals surface area contributed by atoms with Crippen molar-refractivity contribution in [2.45, 2.75) is 19.4 Å². The second-order valence-electron chi connectivity index (χ2n) is 5.07. The van der Waals surface area contributed by atoms with Gasteiger partial charge in [-0.15, -0.1) is 0 Å². The van der Waals surface area contributed by atoms with E-state index in [9.17, 15) is 4.79 Å². The van der Waals surface area contributed by atoms with Crippen LogP contribution in [0.25, 0.3) is 0 Å². The van der Waals surface area contributed by atoms with E-state index in [0.717, 1.165) is 24.2 Å². The Kier molecular flexibility index (Phi) is 3.61.